The molecular weight excluding hydrogens is 358 g/mol. The molecule has 0 aliphatic rings. The van der Waals surface area contributed by atoms with Crippen LogP contribution in [0.2, 0.25) is 5.02 Å². The van der Waals surface area contributed by atoms with Crippen LogP contribution in [0.15, 0.2) is 72.9 Å². The first kappa shape index (κ1) is 18.9. The molecule has 0 fully saturated rings. The van der Waals surface area contributed by atoms with Gasteiger partial charge in [0.2, 0.25) is 0 Å². The maximum atomic E-state index is 12.2. The molecule has 0 bridgehead atoms. The van der Waals surface area contributed by atoms with Crippen molar-refractivity contribution in [2.45, 2.75) is 12.8 Å². The molecule has 3 aromatic rings. The van der Waals surface area contributed by atoms with Crippen molar-refractivity contribution < 1.29 is 4.79 Å². The highest BCUT2D eigenvalue weighted by Gasteiger charge is 2.06. The normalized spacial score (nSPS) is 10.4. The average molecular weight is 380 g/mol. The van der Waals surface area contributed by atoms with Crippen LogP contribution in [0.4, 0.5) is 5.69 Å². The SMILES string of the molecule is O=C(NCCc1ccccc1)c1ccc(NCCc2cccc(Cl)c2)cn1. The van der Waals surface area contributed by atoms with Gasteiger partial charge >= 0.3 is 0 Å². The van der Waals surface area contributed by atoms with Crippen LogP contribution in [0.3, 0.4) is 0 Å². The molecule has 0 atom stereocenters. The number of anilines is 1. The summed E-state index contributed by atoms with van der Waals surface area (Å²) in [6, 6.07) is 21.5. The number of amides is 1. The molecule has 1 heterocycles. The van der Waals surface area contributed by atoms with E-state index in [1.807, 2.05) is 54.6 Å². The third-order valence-corrected chi connectivity index (χ3v) is 4.41. The molecule has 3 rings (SSSR count). The Labute approximate surface area is 164 Å². The van der Waals surface area contributed by atoms with E-state index in [9.17, 15) is 4.79 Å². The van der Waals surface area contributed by atoms with Gasteiger partial charge in [-0.2, -0.15) is 0 Å². The molecule has 27 heavy (non-hydrogen) atoms. The molecule has 0 radical (unpaired) electrons. The molecule has 2 N–H and O–H groups in total. The fourth-order valence-corrected chi connectivity index (χ4v) is 2.94. The number of aromatic nitrogens is 1. The largest absolute Gasteiger partial charge is 0.383 e. The molecular formula is C22H22ClN3O. The second-order valence-electron chi connectivity index (χ2n) is 6.23. The van der Waals surface area contributed by atoms with Crippen LogP contribution in [0, 0.1) is 0 Å². The number of carbonyl (C=O) groups excluding carboxylic acids is 1. The van der Waals surface area contributed by atoms with Gasteiger partial charge in [-0.25, -0.2) is 4.98 Å². The average Bonchev–Trinajstić information content (AvgIpc) is 2.69. The van der Waals surface area contributed by atoms with Crippen LogP contribution in [-0.4, -0.2) is 24.0 Å². The molecule has 4 nitrogen and oxygen atoms in total. The van der Waals surface area contributed by atoms with E-state index in [0.717, 1.165) is 30.1 Å². The second kappa shape index (κ2) is 9.74. The Bertz CT molecular complexity index is 866. The van der Waals surface area contributed by atoms with Crippen molar-refractivity contribution in [2.24, 2.45) is 0 Å². The van der Waals surface area contributed by atoms with E-state index in [4.69, 9.17) is 11.6 Å². The minimum atomic E-state index is -0.156. The van der Waals surface area contributed by atoms with E-state index in [-0.39, 0.29) is 5.91 Å². The lowest BCUT2D eigenvalue weighted by Gasteiger charge is -2.08. The maximum Gasteiger partial charge on any atom is 0.269 e. The minimum absolute atomic E-state index is 0.156. The quantitative estimate of drug-likeness (QED) is 0.611. The number of rotatable bonds is 8. The number of pyridine rings is 1. The van der Waals surface area contributed by atoms with Gasteiger partial charge in [0.25, 0.3) is 5.91 Å². The Balaban J connectivity index is 1.43. The zero-order valence-corrected chi connectivity index (χ0v) is 15.7. The standard InChI is InChI=1S/C22H22ClN3O/c23-19-8-4-7-18(15-19)12-13-24-20-9-10-21(26-16-20)22(27)25-14-11-17-5-2-1-3-6-17/h1-10,15-16,24H,11-14H2,(H,25,27). The molecule has 1 aromatic heterocycles. The van der Waals surface area contributed by atoms with Crippen LogP contribution >= 0.6 is 11.6 Å². The molecule has 0 aliphatic carbocycles. The molecule has 0 unspecified atom stereocenters. The fourth-order valence-electron chi connectivity index (χ4n) is 2.73. The number of carbonyl (C=O) groups is 1. The van der Waals surface area contributed by atoms with Crippen LogP contribution in [0.5, 0.6) is 0 Å². The highest BCUT2D eigenvalue weighted by molar-refractivity contribution is 6.30. The number of hydrogen-bond donors (Lipinski definition) is 2. The summed E-state index contributed by atoms with van der Waals surface area (Å²) < 4.78 is 0. The van der Waals surface area contributed by atoms with Gasteiger partial charge in [-0.1, -0.05) is 54.1 Å². The Kier molecular flexibility index (Phi) is 6.83. The van der Waals surface area contributed by atoms with Gasteiger partial charge < -0.3 is 10.6 Å². The molecule has 138 valence electrons. The number of nitrogens with zero attached hydrogens (tertiary/aromatic N) is 1. The zero-order chi connectivity index (χ0) is 18.9. The van der Waals surface area contributed by atoms with Crippen molar-refractivity contribution in [3.05, 3.63) is 94.8 Å². The lowest BCUT2D eigenvalue weighted by Crippen LogP contribution is -2.26. The minimum Gasteiger partial charge on any atom is -0.383 e. The summed E-state index contributed by atoms with van der Waals surface area (Å²) >= 11 is 5.99. The van der Waals surface area contributed by atoms with Crippen molar-refractivity contribution >= 4 is 23.2 Å². The number of nitrogens with one attached hydrogen (secondary N) is 2. The van der Waals surface area contributed by atoms with Crippen molar-refractivity contribution in [3.8, 4) is 0 Å². The molecule has 0 aliphatic heterocycles. The van der Waals surface area contributed by atoms with E-state index in [0.29, 0.717) is 12.2 Å². The van der Waals surface area contributed by atoms with Crippen molar-refractivity contribution in [1.82, 2.24) is 10.3 Å². The molecule has 0 saturated heterocycles. The first-order chi connectivity index (χ1) is 13.2. The maximum absolute atomic E-state index is 12.2. The summed E-state index contributed by atoms with van der Waals surface area (Å²) in [4.78, 5) is 16.4. The van der Waals surface area contributed by atoms with Gasteiger partial charge in [0, 0.05) is 18.1 Å². The highest BCUT2D eigenvalue weighted by atomic mass is 35.5. The van der Waals surface area contributed by atoms with Gasteiger partial charge in [0.1, 0.15) is 5.69 Å². The predicted octanol–water partition coefficient (Wildman–Crippen LogP) is 4.36. The smallest absolute Gasteiger partial charge is 0.269 e. The highest BCUT2D eigenvalue weighted by Crippen LogP contribution is 2.12. The van der Waals surface area contributed by atoms with Gasteiger partial charge in [0.15, 0.2) is 0 Å². The fraction of sp³-hybridized carbons (Fsp3) is 0.182. The first-order valence-corrected chi connectivity index (χ1v) is 9.35. The third kappa shape index (κ3) is 6.12. The van der Waals surface area contributed by atoms with Gasteiger partial charge in [-0.3, -0.25) is 4.79 Å². The van der Waals surface area contributed by atoms with E-state index in [2.05, 4.69) is 21.7 Å². The van der Waals surface area contributed by atoms with Crippen LogP contribution in [0.25, 0.3) is 0 Å². The zero-order valence-electron chi connectivity index (χ0n) is 15.0. The Morgan fingerprint density at radius 3 is 2.41 bits per heavy atom. The predicted molar refractivity (Wildman–Crippen MR) is 110 cm³/mol. The third-order valence-electron chi connectivity index (χ3n) is 4.17. The summed E-state index contributed by atoms with van der Waals surface area (Å²) in [6.45, 7) is 1.36. The lowest BCUT2D eigenvalue weighted by atomic mass is 10.1. The van der Waals surface area contributed by atoms with E-state index < -0.39 is 0 Å². The van der Waals surface area contributed by atoms with Crippen molar-refractivity contribution in [2.75, 3.05) is 18.4 Å². The Hall–Kier alpha value is -2.85. The Morgan fingerprint density at radius 2 is 1.67 bits per heavy atom. The molecule has 0 spiro atoms. The monoisotopic (exact) mass is 379 g/mol. The summed E-state index contributed by atoms with van der Waals surface area (Å²) in [6.07, 6.45) is 3.35. The van der Waals surface area contributed by atoms with Crippen LogP contribution < -0.4 is 10.6 Å². The van der Waals surface area contributed by atoms with Gasteiger partial charge in [-0.05, 0) is 48.2 Å². The summed E-state index contributed by atoms with van der Waals surface area (Å²) in [5.41, 5.74) is 3.68. The molecule has 1 amide bonds. The van der Waals surface area contributed by atoms with Crippen LogP contribution in [0.1, 0.15) is 21.6 Å². The topological polar surface area (TPSA) is 54.0 Å². The summed E-state index contributed by atoms with van der Waals surface area (Å²) in [7, 11) is 0. The molecule has 0 saturated carbocycles. The van der Waals surface area contributed by atoms with Gasteiger partial charge in [0.05, 0.1) is 11.9 Å². The van der Waals surface area contributed by atoms with E-state index in [1.165, 1.54) is 11.1 Å². The van der Waals surface area contributed by atoms with Crippen molar-refractivity contribution in [3.63, 3.8) is 0 Å². The Morgan fingerprint density at radius 1 is 0.889 bits per heavy atom. The summed E-state index contributed by atoms with van der Waals surface area (Å²) in [5, 5.41) is 6.96. The van der Waals surface area contributed by atoms with E-state index >= 15 is 0 Å². The lowest BCUT2D eigenvalue weighted by molar-refractivity contribution is 0.0949. The van der Waals surface area contributed by atoms with Crippen molar-refractivity contribution in [1.29, 1.82) is 0 Å². The number of halogens is 1. The summed E-state index contributed by atoms with van der Waals surface area (Å²) in [5.74, 6) is -0.156. The van der Waals surface area contributed by atoms with Crippen LogP contribution in [-0.2, 0) is 12.8 Å². The number of hydrogen-bond acceptors (Lipinski definition) is 3. The molecule has 2 aromatic carbocycles. The molecule has 5 heteroatoms. The van der Waals surface area contributed by atoms with Gasteiger partial charge in [-0.15, -0.1) is 0 Å². The second-order valence-corrected chi connectivity index (χ2v) is 6.67. The van der Waals surface area contributed by atoms with E-state index in [1.54, 1.807) is 12.3 Å². The number of benzene rings is 2. The first-order valence-electron chi connectivity index (χ1n) is 8.97.